The van der Waals surface area contributed by atoms with E-state index in [-0.39, 0.29) is 0 Å². The predicted octanol–water partition coefficient (Wildman–Crippen LogP) is 3.84. The molecule has 0 amide bonds. The minimum Gasteiger partial charge on any atom is -0.457 e. The highest BCUT2D eigenvalue weighted by molar-refractivity contribution is 5.35. The van der Waals surface area contributed by atoms with Crippen molar-refractivity contribution in [1.82, 2.24) is 0 Å². The van der Waals surface area contributed by atoms with Gasteiger partial charge in [0, 0.05) is 0 Å². The van der Waals surface area contributed by atoms with E-state index in [1.54, 1.807) is 6.92 Å². The van der Waals surface area contributed by atoms with E-state index < -0.39 is 6.10 Å². The lowest BCUT2D eigenvalue weighted by Gasteiger charge is -2.08. The Balaban J connectivity index is 2.14. The van der Waals surface area contributed by atoms with Crippen molar-refractivity contribution in [2.24, 2.45) is 0 Å². The summed E-state index contributed by atoms with van der Waals surface area (Å²) >= 11 is 0. The average Bonchev–Trinajstić information content (AvgIpc) is 2.29. The minimum absolute atomic E-state index is 0.442. The molecule has 1 atom stereocenters. The van der Waals surface area contributed by atoms with Crippen LogP contribution in [0.2, 0.25) is 0 Å². The van der Waals surface area contributed by atoms with Gasteiger partial charge in [0.2, 0.25) is 0 Å². The molecule has 0 aliphatic heterocycles. The normalized spacial score (nSPS) is 12.2. The maximum atomic E-state index is 9.40. The minimum atomic E-state index is -0.442. The van der Waals surface area contributed by atoms with Crippen molar-refractivity contribution in [3.05, 3.63) is 59.7 Å². The first kappa shape index (κ1) is 11.7. The van der Waals surface area contributed by atoms with Crippen LogP contribution in [0.1, 0.15) is 24.2 Å². The Labute approximate surface area is 101 Å². The summed E-state index contributed by atoms with van der Waals surface area (Å²) in [5, 5.41) is 9.40. The number of rotatable bonds is 3. The van der Waals surface area contributed by atoms with Crippen molar-refractivity contribution in [3.63, 3.8) is 0 Å². The van der Waals surface area contributed by atoms with Gasteiger partial charge in [-0.2, -0.15) is 0 Å². The van der Waals surface area contributed by atoms with E-state index in [2.05, 4.69) is 0 Å². The lowest BCUT2D eigenvalue weighted by molar-refractivity contribution is 0.199. The third-order valence-electron chi connectivity index (χ3n) is 2.59. The molecule has 1 unspecified atom stereocenters. The van der Waals surface area contributed by atoms with Gasteiger partial charge in [0.1, 0.15) is 11.5 Å². The Morgan fingerprint density at radius 1 is 1.00 bits per heavy atom. The molecule has 0 aliphatic rings. The second kappa shape index (κ2) is 5.02. The van der Waals surface area contributed by atoms with Crippen molar-refractivity contribution >= 4 is 0 Å². The Morgan fingerprint density at radius 2 is 1.71 bits per heavy atom. The lowest BCUT2D eigenvalue weighted by Crippen LogP contribution is -1.90. The van der Waals surface area contributed by atoms with Gasteiger partial charge >= 0.3 is 0 Å². The molecular weight excluding hydrogens is 212 g/mol. The number of aliphatic hydroxyl groups is 1. The monoisotopic (exact) mass is 228 g/mol. The summed E-state index contributed by atoms with van der Waals surface area (Å²) < 4.78 is 5.71. The van der Waals surface area contributed by atoms with Crippen LogP contribution < -0.4 is 4.74 Å². The van der Waals surface area contributed by atoms with Crippen LogP contribution in [-0.4, -0.2) is 5.11 Å². The van der Waals surface area contributed by atoms with E-state index in [0.717, 1.165) is 17.1 Å². The molecule has 0 saturated carbocycles. The van der Waals surface area contributed by atoms with E-state index in [1.165, 1.54) is 5.56 Å². The third kappa shape index (κ3) is 3.08. The van der Waals surface area contributed by atoms with Crippen LogP contribution in [0.4, 0.5) is 0 Å². The number of benzene rings is 2. The zero-order valence-corrected chi connectivity index (χ0v) is 10.1. The molecule has 2 rings (SSSR count). The quantitative estimate of drug-likeness (QED) is 0.864. The SMILES string of the molecule is Cc1cccc(Oc2ccc(C(C)O)cc2)c1. The zero-order valence-electron chi connectivity index (χ0n) is 10.1. The van der Waals surface area contributed by atoms with Gasteiger partial charge < -0.3 is 9.84 Å². The van der Waals surface area contributed by atoms with Gasteiger partial charge in [0.25, 0.3) is 0 Å². The molecule has 2 aromatic carbocycles. The van der Waals surface area contributed by atoms with Gasteiger partial charge in [-0.15, -0.1) is 0 Å². The highest BCUT2D eigenvalue weighted by Gasteiger charge is 2.01. The molecule has 17 heavy (non-hydrogen) atoms. The summed E-state index contributed by atoms with van der Waals surface area (Å²) in [6.07, 6.45) is -0.442. The molecule has 0 spiro atoms. The molecule has 1 N–H and O–H groups in total. The second-order valence-corrected chi connectivity index (χ2v) is 4.16. The van der Waals surface area contributed by atoms with E-state index in [1.807, 2.05) is 55.5 Å². The summed E-state index contributed by atoms with van der Waals surface area (Å²) in [6.45, 7) is 3.78. The molecule has 0 aliphatic carbocycles. The topological polar surface area (TPSA) is 29.5 Å². The molecule has 2 aromatic rings. The standard InChI is InChI=1S/C15H16O2/c1-11-4-3-5-15(10-11)17-14-8-6-13(7-9-14)12(2)16/h3-10,12,16H,1-2H3. The number of hydrogen-bond donors (Lipinski definition) is 1. The first-order valence-electron chi connectivity index (χ1n) is 5.68. The Hall–Kier alpha value is -1.80. The zero-order chi connectivity index (χ0) is 12.3. The first-order chi connectivity index (χ1) is 8.15. The van der Waals surface area contributed by atoms with Crippen LogP contribution in [-0.2, 0) is 0 Å². The fourth-order valence-corrected chi connectivity index (χ4v) is 1.63. The van der Waals surface area contributed by atoms with Crippen LogP contribution in [0.3, 0.4) is 0 Å². The van der Waals surface area contributed by atoms with Crippen molar-refractivity contribution in [3.8, 4) is 11.5 Å². The Bertz CT molecular complexity index is 487. The summed E-state index contributed by atoms with van der Waals surface area (Å²) in [5.41, 5.74) is 2.06. The molecule has 0 radical (unpaired) electrons. The molecule has 0 bridgehead atoms. The molecule has 2 nitrogen and oxygen atoms in total. The van der Waals surface area contributed by atoms with Crippen LogP contribution in [0.25, 0.3) is 0 Å². The number of hydrogen-bond acceptors (Lipinski definition) is 2. The molecular formula is C15H16O2. The maximum absolute atomic E-state index is 9.40. The van der Waals surface area contributed by atoms with E-state index in [4.69, 9.17) is 4.74 Å². The van der Waals surface area contributed by atoms with Crippen LogP contribution in [0.5, 0.6) is 11.5 Å². The molecule has 0 fully saturated rings. The van der Waals surface area contributed by atoms with Gasteiger partial charge in [-0.05, 0) is 49.2 Å². The second-order valence-electron chi connectivity index (χ2n) is 4.16. The predicted molar refractivity (Wildman–Crippen MR) is 68.3 cm³/mol. The van der Waals surface area contributed by atoms with Gasteiger partial charge in [0.05, 0.1) is 6.10 Å². The third-order valence-corrected chi connectivity index (χ3v) is 2.59. The highest BCUT2D eigenvalue weighted by Crippen LogP contribution is 2.23. The van der Waals surface area contributed by atoms with Gasteiger partial charge in [-0.3, -0.25) is 0 Å². The molecule has 0 heterocycles. The first-order valence-corrected chi connectivity index (χ1v) is 5.68. The summed E-state index contributed by atoms with van der Waals surface area (Å²) in [6, 6.07) is 15.4. The molecule has 0 saturated heterocycles. The van der Waals surface area contributed by atoms with E-state index in [0.29, 0.717) is 0 Å². The average molecular weight is 228 g/mol. The number of ether oxygens (including phenoxy) is 1. The van der Waals surface area contributed by atoms with Crippen molar-refractivity contribution in [1.29, 1.82) is 0 Å². The van der Waals surface area contributed by atoms with Crippen LogP contribution in [0, 0.1) is 6.92 Å². The Morgan fingerprint density at radius 3 is 2.29 bits per heavy atom. The number of aliphatic hydroxyl groups excluding tert-OH is 1. The van der Waals surface area contributed by atoms with Gasteiger partial charge in [-0.25, -0.2) is 0 Å². The smallest absolute Gasteiger partial charge is 0.127 e. The largest absolute Gasteiger partial charge is 0.457 e. The summed E-state index contributed by atoms with van der Waals surface area (Å²) in [7, 11) is 0. The maximum Gasteiger partial charge on any atom is 0.127 e. The van der Waals surface area contributed by atoms with E-state index in [9.17, 15) is 5.11 Å². The summed E-state index contributed by atoms with van der Waals surface area (Å²) in [5.74, 6) is 1.61. The van der Waals surface area contributed by atoms with Crippen molar-refractivity contribution in [2.45, 2.75) is 20.0 Å². The fourth-order valence-electron chi connectivity index (χ4n) is 1.63. The van der Waals surface area contributed by atoms with Crippen LogP contribution in [0.15, 0.2) is 48.5 Å². The van der Waals surface area contributed by atoms with Gasteiger partial charge in [-0.1, -0.05) is 24.3 Å². The summed E-state index contributed by atoms with van der Waals surface area (Å²) in [4.78, 5) is 0. The van der Waals surface area contributed by atoms with Crippen molar-refractivity contribution in [2.75, 3.05) is 0 Å². The molecule has 2 heteroatoms. The Kier molecular flexibility index (Phi) is 3.45. The van der Waals surface area contributed by atoms with E-state index >= 15 is 0 Å². The fraction of sp³-hybridized carbons (Fsp3) is 0.200. The van der Waals surface area contributed by atoms with Crippen molar-refractivity contribution < 1.29 is 9.84 Å². The lowest BCUT2D eigenvalue weighted by atomic mass is 10.1. The molecule has 88 valence electrons. The number of aryl methyl sites for hydroxylation is 1. The highest BCUT2D eigenvalue weighted by atomic mass is 16.5. The molecule has 0 aromatic heterocycles. The van der Waals surface area contributed by atoms with Crippen LogP contribution >= 0.6 is 0 Å². The van der Waals surface area contributed by atoms with Gasteiger partial charge in [0.15, 0.2) is 0 Å².